The van der Waals surface area contributed by atoms with Gasteiger partial charge >= 0.3 is 0 Å². The quantitative estimate of drug-likeness (QED) is 0.669. The Bertz CT molecular complexity index is 137. The second-order valence-corrected chi connectivity index (χ2v) is 3.98. The van der Waals surface area contributed by atoms with E-state index in [4.69, 9.17) is 10.8 Å². The highest BCUT2D eigenvalue weighted by Gasteiger charge is 2.23. The van der Waals surface area contributed by atoms with Crippen molar-refractivity contribution < 1.29 is 5.11 Å². The zero-order valence-corrected chi connectivity index (χ0v) is 8.58. The largest absolute Gasteiger partial charge is 0.395 e. The van der Waals surface area contributed by atoms with E-state index < -0.39 is 0 Å². The number of piperidine rings is 1. The summed E-state index contributed by atoms with van der Waals surface area (Å²) in [6, 6.07) is 0.189. The van der Waals surface area contributed by atoms with Crippen molar-refractivity contribution in [2.75, 3.05) is 26.2 Å². The van der Waals surface area contributed by atoms with Crippen molar-refractivity contribution in [3.63, 3.8) is 0 Å². The molecule has 0 amide bonds. The normalized spacial score (nSPS) is 27.5. The molecule has 1 fully saturated rings. The van der Waals surface area contributed by atoms with Gasteiger partial charge in [0.25, 0.3) is 0 Å². The summed E-state index contributed by atoms with van der Waals surface area (Å²) < 4.78 is 0. The van der Waals surface area contributed by atoms with Gasteiger partial charge in [-0.2, -0.15) is 0 Å². The molecule has 3 heteroatoms. The van der Waals surface area contributed by atoms with Crippen molar-refractivity contribution in [2.24, 2.45) is 11.7 Å². The number of rotatable bonds is 4. The Balaban J connectivity index is 2.40. The summed E-state index contributed by atoms with van der Waals surface area (Å²) in [6.07, 6.45) is 3.85. The molecule has 3 N–H and O–H groups in total. The van der Waals surface area contributed by atoms with Crippen LogP contribution in [0.3, 0.4) is 0 Å². The average Bonchev–Trinajstić information content (AvgIpc) is 2.20. The second-order valence-electron chi connectivity index (χ2n) is 3.98. The van der Waals surface area contributed by atoms with Gasteiger partial charge in [-0.05, 0) is 25.3 Å². The molecule has 13 heavy (non-hydrogen) atoms. The number of hydrogen-bond acceptors (Lipinski definition) is 3. The molecule has 0 aromatic rings. The van der Waals surface area contributed by atoms with Crippen LogP contribution in [0.1, 0.15) is 26.2 Å². The molecule has 0 aromatic heterocycles. The number of nitrogens with zero attached hydrogens (tertiary/aromatic N) is 1. The number of likely N-dealkylation sites (tertiary alicyclic amines) is 1. The Kier molecular flexibility index (Phi) is 4.70. The molecule has 0 bridgehead atoms. The van der Waals surface area contributed by atoms with E-state index in [1.54, 1.807) is 0 Å². The van der Waals surface area contributed by atoms with Crippen LogP contribution >= 0.6 is 0 Å². The van der Waals surface area contributed by atoms with Crippen LogP contribution in [0.15, 0.2) is 0 Å². The Morgan fingerprint density at radius 3 is 2.92 bits per heavy atom. The maximum Gasteiger partial charge on any atom is 0.0599 e. The van der Waals surface area contributed by atoms with E-state index >= 15 is 0 Å². The fraction of sp³-hybridized carbons (Fsp3) is 1.00. The lowest BCUT2D eigenvalue weighted by Crippen LogP contribution is -2.47. The highest BCUT2D eigenvalue weighted by Crippen LogP contribution is 2.20. The van der Waals surface area contributed by atoms with E-state index in [1.165, 1.54) is 19.3 Å². The van der Waals surface area contributed by atoms with Gasteiger partial charge in [-0.25, -0.2) is 0 Å². The monoisotopic (exact) mass is 186 g/mol. The maximum atomic E-state index is 9.12. The van der Waals surface area contributed by atoms with E-state index in [0.29, 0.717) is 6.54 Å². The van der Waals surface area contributed by atoms with Gasteiger partial charge in [-0.15, -0.1) is 0 Å². The van der Waals surface area contributed by atoms with Crippen molar-refractivity contribution >= 4 is 0 Å². The van der Waals surface area contributed by atoms with Gasteiger partial charge < -0.3 is 10.8 Å². The van der Waals surface area contributed by atoms with Crippen LogP contribution in [0.5, 0.6) is 0 Å². The summed E-state index contributed by atoms with van der Waals surface area (Å²) in [6.45, 7) is 5.25. The molecule has 2 atom stereocenters. The molecule has 1 rings (SSSR count). The summed E-state index contributed by atoms with van der Waals surface area (Å²) in [5, 5.41) is 9.12. The molecule has 0 aromatic carbocycles. The lowest BCUT2D eigenvalue weighted by atomic mass is 9.94. The predicted octanol–water partition coefficient (Wildman–Crippen LogP) is 0.428. The molecule has 0 spiro atoms. The Hall–Kier alpha value is -0.120. The summed E-state index contributed by atoms with van der Waals surface area (Å²) >= 11 is 0. The minimum Gasteiger partial charge on any atom is -0.395 e. The molecule has 0 radical (unpaired) electrons. The average molecular weight is 186 g/mol. The highest BCUT2D eigenvalue weighted by atomic mass is 16.3. The minimum absolute atomic E-state index is 0.189. The summed E-state index contributed by atoms with van der Waals surface area (Å²) in [5.41, 5.74) is 5.60. The van der Waals surface area contributed by atoms with Crippen molar-refractivity contribution in [2.45, 2.75) is 32.2 Å². The second kappa shape index (κ2) is 5.58. The number of hydrogen-bond donors (Lipinski definition) is 2. The molecular weight excluding hydrogens is 164 g/mol. The van der Waals surface area contributed by atoms with Gasteiger partial charge in [0.2, 0.25) is 0 Å². The van der Waals surface area contributed by atoms with Gasteiger partial charge in [0.05, 0.1) is 6.61 Å². The number of nitrogens with two attached hydrogens (primary N) is 1. The topological polar surface area (TPSA) is 49.5 Å². The first-order chi connectivity index (χ1) is 6.31. The van der Waals surface area contributed by atoms with Gasteiger partial charge in [-0.3, -0.25) is 4.90 Å². The molecule has 2 unspecified atom stereocenters. The Morgan fingerprint density at radius 1 is 1.62 bits per heavy atom. The van der Waals surface area contributed by atoms with E-state index in [-0.39, 0.29) is 12.6 Å². The molecule has 1 saturated heterocycles. The van der Waals surface area contributed by atoms with Gasteiger partial charge in [0.1, 0.15) is 0 Å². The smallest absolute Gasteiger partial charge is 0.0599 e. The van der Waals surface area contributed by atoms with Crippen LogP contribution in [-0.2, 0) is 0 Å². The number of aliphatic hydroxyl groups excluding tert-OH is 1. The third-order valence-corrected chi connectivity index (χ3v) is 3.13. The predicted molar refractivity (Wildman–Crippen MR) is 54.5 cm³/mol. The Morgan fingerprint density at radius 2 is 2.38 bits per heavy atom. The standard InChI is InChI=1S/C10H22N2O/c1-2-9-4-3-5-12(7-9)10(6-11)8-13/h9-10,13H,2-8,11H2,1H3. The zero-order valence-electron chi connectivity index (χ0n) is 8.58. The van der Waals surface area contributed by atoms with Crippen LogP contribution in [0, 0.1) is 5.92 Å². The lowest BCUT2D eigenvalue weighted by Gasteiger charge is -2.36. The molecule has 0 saturated carbocycles. The van der Waals surface area contributed by atoms with E-state index in [2.05, 4.69) is 11.8 Å². The summed E-state index contributed by atoms with van der Waals surface area (Å²) in [4.78, 5) is 2.34. The van der Waals surface area contributed by atoms with Crippen molar-refractivity contribution in [3.8, 4) is 0 Å². The summed E-state index contributed by atoms with van der Waals surface area (Å²) in [7, 11) is 0. The highest BCUT2D eigenvalue weighted by molar-refractivity contribution is 4.78. The maximum absolute atomic E-state index is 9.12. The van der Waals surface area contributed by atoms with E-state index in [0.717, 1.165) is 19.0 Å². The van der Waals surface area contributed by atoms with Crippen molar-refractivity contribution in [1.29, 1.82) is 0 Å². The fourth-order valence-corrected chi connectivity index (χ4v) is 2.10. The first kappa shape index (κ1) is 11.0. The molecule has 3 nitrogen and oxygen atoms in total. The zero-order chi connectivity index (χ0) is 9.68. The van der Waals surface area contributed by atoms with Crippen molar-refractivity contribution in [1.82, 2.24) is 4.90 Å². The molecule has 1 aliphatic rings. The molecule has 0 aliphatic carbocycles. The number of aliphatic hydroxyl groups is 1. The SMILES string of the molecule is CCC1CCCN(C(CN)CO)C1. The van der Waals surface area contributed by atoms with E-state index in [1.807, 2.05) is 0 Å². The lowest BCUT2D eigenvalue weighted by molar-refractivity contribution is 0.0830. The van der Waals surface area contributed by atoms with Crippen LogP contribution in [0.25, 0.3) is 0 Å². The molecule has 1 heterocycles. The summed E-state index contributed by atoms with van der Waals surface area (Å²) in [5.74, 6) is 0.814. The van der Waals surface area contributed by atoms with Gasteiger partial charge in [0, 0.05) is 19.1 Å². The van der Waals surface area contributed by atoms with Crippen LogP contribution in [0.4, 0.5) is 0 Å². The molecule has 78 valence electrons. The van der Waals surface area contributed by atoms with Crippen LogP contribution in [0.2, 0.25) is 0 Å². The van der Waals surface area contributed by atoms with E-state index in [9.17, 15) is 0 Å². The first-order valence-corrected chi connectivity index (χ1v) is 5.36. The van der Waals surface area contributed by atoms with Crippen LogP contribution in [-0.4, -0.2) is 42.3 Å². The molecule has 1 aliphatic heterocycles. The van der Waals surface area contributed by atoms with Gasteiger partial charge in [-0.1, -0.05) is 13.3 Å². The fourth-order valence-electron chi connectivity index (χ4n) is 2.10. The third kappa shape index (κ3) is 2.93. The van der Waals surface area contributed by atoms with Crippen molar-refractivity contribution in [3.05, 3.63) is 0 Å². The first-order valence-electron chi connectivity index (χ1n) is 5.36. The minimum atomic E-state index is 0.189. The molecular formula is C10H22N2O. The van der Waals surface area contributed by atoms with Crippen LogP contribution < -0.4 is 5.73 Å². The third-order valence-electron chi connectivity index (χ3n) is 3.13. The van der Waals surface area contributed by atoms with Gasteiger partial charge in [0.15, 0.2) is 0 Å². The Labute approximate surface area is 80.9 Å².